The number of hydrogen-bond donors (Lipinski definition) is 1. The normalized spacial score (nSPS) is 16.4. The van der Waals surface area contributed by atoms with Crippen LogP contribution >= 0.6 is 0 Å². The summed E-state index contributed by atoms with van der Waals surface area (Å²) < 4.78 is 39.0. The summed E-state index contributed by atoms with van der Waals surface area (Å²) >= 11 is 0. The van der Waals surface area contributed by atoms with Crippen LogP contribution in [-0.2, 0) is 0 Å². The Kier molecular flexibility index (Phi) is 16.0. The number of nitrogens with zero attached hydrogens (tertiary/aromatic N) is 1. The molecule has 1 aliphatic rings. The SMILES string of the molecule is CCC1=NC=C[NH+]1C.CCCCCCCCC.F[B-](F)(F)F. The molecule has 0 aromatic rings. The quantitative estimate of drug-likeness (QED) is 0.391. The fourth-order valence-electron chi connectivity index (χ4n) is 1.84. The molecule has 1 N–H and O–H groups in total. The van der Waals surface area contributed by atoms with Gasteiger partial charge in [-0.2, -0.15) is 0 Å². The molecule has 0 aromatic carbocycles. The molecule has 0 bridgehead atoms. The van der Waals surface area contributed by atoms with Gasteiger partial charge in [0.25, 0.3) is 0 Å². The number of aliphatic imine (C=N–C) groups is 1. The molecular formula is C15H31BF4N2. The molecule has 1 rings (SSSR count). The molecule has 0 amide bonds. The van der Waals surface area contributed by atoms with Gasteiger partial charge < -0.3 is 17.3 Å². The van der Waals surface area contributed by atoms with Crippen LogP contribution in [0.5, 0.6) is 0 Å². The van der Waals surface area contributed by atoms with Crippen LogP contribution in [-0.4, -0.2) is 20.1 Å². The number of nitrogens with one attached hydrogen (secondary N) is 1. The van der Waals surface area contributed by atoms with Crippen molar-refractivity contribution in [3.63, 3.8) is 0 Å². The first-order valence-electron chi connectivity index (χ1n) is 8.20. The second-order valence-corrected chi connectivity index (χ2v) is 5.19. The Labute approximate surface area is 132 Å². The van der Waals surface area contributed by atoms with E-state index in [-0.39, 0.29) is 0 Å². The number of amidine groups is 1. The van der Waals surface area contributed by atoms with E-state index < -0.39 is 7.25 Å². The van der Waals surface area contributed by atoms with Gasteiger partial charge in [0.2, 0.25) is 5.84 Å². The highest BCUT2D eigenvalue weighted by atomic mass is 19.5. The van der Waals surface area contributed by atoms with Gasteiger partial charge in [0, 0.05) is 6.42 Å². The molecule has 1 heterocycles. The highest BCUT2D eigenvalue weighted by Crippen LogP contribution is 2.06. The van der Waals surface area contributed by atoms with Gasteiger partial charge in [-0.3, -0.25) is 4.90 Å². The summed E-state index contributed by atoms with van der Waals surface area (Å²) in [6.45, 7) is 6.65. The van der Waals surface area contributed by atoms with E-state index in [4.69, 9.17) is 0 Å². The maximum absolute atomic E-state index is 9.75. The van der Waals surface area contributed by atoms with Gasteiger partial charge in [0.1, 0.15) is 6.20 Å². The molecule has 7 heteroatoms. The summed E-state index contributed by atoms with van der Waals surface area (Å²) in [6.07, 6.45) is 14.9. The van der Waals surface area contributed by atoms with E-state index in [1.165, 1.54) is 55.7 Å². The maximum atomic E-state index is 9.75. The predicted molar refractivity (Wildman–Crippen MR) is 87.6 cm³/mol. The Morgan fingerprint density at radius 2 is 1.32 bits per heavy atom. The number of rotatable bonds is 7. The molecular weight excluding hydrogens is 295 g/mol. The van der Waals surface area contributed by atoms with Crippen molar-refractivity contribution in [1.82, 2.24) is 0 Å². The van der Waals surface area contributed by atoms with Gasteiger partial charge in [-0.15, -0.1) is 0 Å². The fraction of sp³-hybridized carbons (Fsp3) is 0.800. The van der Waals surface area contributed by atoms with Crippen LogP contribution in [0.4, 0.5) is 17.3 Å². The number of hydrogen-bond acceptors (Lipinski definition) is 1. The van der Waals surface area contributed by atoms with Crippen LogP contribution in [0.15, 0.2) is 17.4 Å². The Hall–Kier alpha value is -0.845. The smallest absolute Gasteiger partial charge is 0.418 e. The van der Waals surface area contributed by atoms with Crippen molar-refractivity contribution in [3.8, 4) is 0 Å². The van der Waals surface area contributed by atoms with Gasteiger partial charge in [-0.05, 0) is 0 Å². The minimum atomic E-state index is -6.00. The summed E-state index contributed by atoms with van der Waals surface area (Å²) in [4.78, 5) is 5.45. The van der Waals surface area contributed by atoms with Crippen LogP contribution in [0.25, 0.3) is 0 Å². The molecule has 1 aliphatic heterocycles. The van der Waals surface area contributed by atoms with Crippen LogP contribution < -0.4 is 4.90 Å². The largest absolute Gasteiger partial charge is 0.673 e. The molecule has 2 nitrogen and oxygen atoms in total. The van der Waals surface area contributed by atoms with E-state index in [1.807, 2.05) is 12.4 Å². The number of halogens is 4. The van der Waals surface area contributed by atoms with E-state index >= 15 is 0 Å². The average Bonchev–Trinajstić information content (AvgIpc) is 2.83. The summed E-state index contributed by atoms with van der Waals surface area (Å²) in [6, 6.07) is 0. The monoisotopic (exact) mass is 326 g/mol. The molecule has 0 fully saturated rings. The topological polar surface area (TPSA) is 16.8 Å². The number of quaternary nitrogens is 1. The molecule has 0 radical (unpaired) electrons. The fourth-order valence-corrected chi connectivity index (χ4v) is 1.84. The second-order valence-electron chi connectivity index (χ2n) is 5.19. The van der Waals surface area contributed by atoms with Crippen LogP contribution in [0.3, 0.4) is 0 Å². The minimum Gasteiger partial charge on any atom is -0.418 e. The highest BCUT2D eigenvalue weighted by Gasteiger charge is 2.20. The van der Waals surface area contributed by atoms with E-state index in [9.17, 15) is 17.3 Å². The van der Waals surface area contributed by atoms with Crippen molar-refractivity contribution >= 4 is 13.1 Å². The van der Waals surface area contributed by atoms with Crippen LogP contribution in [0, 0.1) is 0 Å². The third-order valence-electron chi connectivity index (χ3n) is 3.05. The van der Waals surface area contributed by atoms with Gasteiger partial charge in [-0.1, -0.05) is 65.7 Å². The van der Waals surface area contributed by atoms with E-state index in [0.29, 0.717) is 0 Å². The third kappa shape index (κ3) is 21.5. The molecule has 0 saturated heterocycles. The third-order valence-corrected chi connectivity index (χ3v) is 3.05. The zero-order valence-electron chi connectivity index (χ0n) is 14.3. The lowest BCUT2D eigenvalue weighted by atomic mass is 10.1. The Morgan fingerprint density at radius 3 is 1.55 bits per heavy atom. The van der Waals surface area contributed by atoms with Crippen molar-refractivity contribution in [3.05, 3.63) is 12.4 Å². The maximum Gasteiger partial charge on any atom is 0.673 e. The van der Waals surface area contributed by atoms with Gasteiger partial charge in [0.15, 0.2) is 0 Å². The molecule has 0 saturated carbocycles. The van der Waals surface area contributed by atoms with Crippen molar-refractivity contribution in [2.45, 2.75) is 72.1 Å². The van der Waals surface area contributed by atoms with E-state index in [2.05, 4.69) is 32.8 Å². The predicted octanol–water partition coefficient (Wildman–Crippen LogP) is 4.85. The van der Waals surface area contributed by atoms with Gasteiger partial charge in [0.05, 0.1) is 13.2 Å². The van der Waals surface area contributed by atoms with Crippen LogP contribution in [0.1, 0.15) is 72.1 Å². The summed E-state index contributed by atoms with van der Waals surface area (Å²) in [5, 5.41) is 0. The van der Waals surface area contributed by atoms with Crippen molar-refractivity contribution in [1.29, 1.82) is 0 Å². The van der Waals surface area contributed by atoms with Crippen molar-refractivity contribution in [2.75, 3.05) is 7.05 Å². The number of unbranched alkanes of at least 4 members (excludes halogenated alkanes) is 6. The first kappa shape index (κ1) is 23.4. The summed E-state index contributed by atoms with van der Waals surface area (Å²) in [5.74, 6) is 1.23. The molecule has 0 aliphatic carbocycles. The van der Waals surface area contributed by atoms with E-state index in [0.717, 1.165) is 6.42 Å². The Bertz CT molecular complexity index is 292. The first-order chi connectivity index (χ1) is 10.3. The first-order valence-corrected chi connectivity index (χ1v) is 8.20. The zero-order valence-corrected chi connectivity index (χ0v) is 14.3. The summed E-state index contributed by atoms with van der Waals surface area (Å²) in [7, 11) is -3.91. The van der Waals surface area contributed by atoms with Crippen molar-refractivity contribution < 1.29 is 22.2 Å². The lowest BCUT2D eigenvalue weighted by molar-refractivity contribution is -0.719. The van der Waals surface area contributed by atoms with Crippen molar-refractivity contribution in [2.24, 2.45) is 4.99 Å². The minimum absolute atomic E-state index is 1.05. The molecule has 0 aromatic heterocycles. The van der Waals surface area contributed by atoms with E-state index in [1.54, 1.807) is 0 Å². The Balaban J connectivity index is 0. The Morgan fingerprint density at radius 1 is 0.909 bits per heavy atom. The standard InChI is InChI=1S/C9H20.C6H10N2.BF4/c1-3-5-7-9-8-6-4-2;1-3-6-7-4-5-8(6)2;2-1(3,4)5/h3-9H2,1-2H3;4-5H,3H2,1-2H3;/q;;-1/p+1. The van der Waals surface area contributed by atoms with Gasteiger partial charge in [-0.25, -0.2) is 4.99 Å². The van der Waals surface area contributed by atoms with Crippen LogP contribution in [0.2, 0.25) is 0 Å². The lowest BCUT2D eigenvalue weighted by Crippen LogP contribution is -3.06. The molecule has 0 spiro atoms. The molecule has 22 heavy (non-hydrogen) atoms. The molecule has 132 valence electrons. The molecule has 1 unspecified atom stereocenters. The summed E-state index contributed by atoms with van der Waals surface area (Å²) in [5.41, 5.74) is 0. The molecule has 1 atom stereocenters. The van der Waals surface area contributed by atoms with Gasteiger partial charge >= 0.3 is 7.25 Å². The zero-order chi connectivity index (χ0) is 17.4. The average molecular weight is 326 g/mol. The highest BCUT2D eigenvalue weighted by molar-refractivity contribution is 6.50. The lowest BCUT2D eigenvalue weighted by Gasteiger charge is -2.00. The second kappa shape index (κ2) is 15.1.